The molecule has 0 aliphatic carbocycles. The fourth-order valence-electron chi connectivity index (χ4n) is 4.44. The average molecular weight is 419 g/mol. The fourth-order valence-corrected chi connectivity index (χ4v) is 4.44. The summed E-state index contributed by atoms with van der Waals surface area (Å²) >= 11 is 0. The van der Waals surface area contributed by atoms with Crippen molar-refractivity contribution in [3.63, 3.8) is 0 Å². The van der Waals surface area contributed by atoms with Gasteiger partial charge in [0.1, 0.15) is 6.61 Å². The smallest absolute Gasteiger partial charge is 0.336 e. The molecule has 0 saturated carbocycles. The normalized spacial score (nSPS) is 20.4. The van der Waals surface area contributed by atoms with E-state index in [2.05, 4.69) is 50.4 Å². The van der Waals surface area contributed by atoms with Gasteiger partial charge in [0.05, 0.1) is 23.6 Å². The van der Waals surface area contributed by atoms with Crippen molar-refractivity contribution >= 4 is 22.6 Å². The molecule has 0 bridgehead atoms. The molecule has 2 aromatic rings. The van der Waals surface area contributed by atoms with Crippen LogP contribution in [0.2, 0.25) is 0 Å². The van der Waals surface area contributed by atoms with E-state index in [1.807, 2.05) is 32.0 Å². The molecule has 2 aliphatic rings. The second-order valence-corrected chi connectivity index (χ2v) is 8.65. The molecule has 2 heterocycles. The Morgan fingerprint density at radius 3 is 2.61 bits per heavy atom. The molecule has 0 aromatic heterocycles. The van der Waals surface area contributed by atoms with Crippen molar-refractivity contribution in [1.29, 1.82) is 0 Å². The minimum atomic E-state index is -0.325. The second kappa shape index (κ2) is 8.22. The van der Waals surface area contributed by atoms with Crippen LogP contribution in [-0.4, -0.2) is 30.6 Å². The molecule has 1 N–H and O–H groups in total. The molecule has 31 heavy (non-hydrogen) atoms. The van der Waals surface area contributed by atoms with Crippen LogP contribution in [0.4, 0.5) is 0 Å². The molecular formula is C26H30N2O3. The summed E-state index contributed by atoms with van der Waals surface area (Å²) < 4.78 is 11.6. The van der Waals surface area contributed by atoms with E-state index in [0.29, 0.717) is 24.7 Å². The number of hydrogen-bond acceptors (Lipinski definition) is 5. The fraction of sp³-hybridized carbons (Fsp3) is 0.385. The van der Waals surface area contributed by atoms with Crippen LogP contribution in [0.3, 0.4) is 0 Å². The highest BCUT2D eigenvalue weighted by Gasteiger charge is 2.40. The number of rotatable bonds is 5. The molecule has 162 valence electrons. The monoisotopic (exact) mass is 418 g/mol. The maximum atomic E-state index is 13.2. The number of carbonyl (C=O) groups is 1. The summed E-state index contributed by atoms with van der Waals surface area (Å²) in [5.41, 5.74) is 4.14. The molecule has 0 saturated heterocycles. The number of dihydropyridines is 1. The van der Waals surface area contributed by atoms with Gasteiger partial charge in [-0.1, -0.05) is 49.4 Å². The van der Waals surface area contributed by atoms with E-state index in [1.165, 1.54) is 0 Å². The molecule has 5 nitrogen and oxygen atoms in total. The predicted octanol–water partition coefficient (Wildman–Crippen LogP) is 5.24. The number of aliphatic imine (C=N–C) groups is 1. The summed E-state index contributed by atoms with van der Waals surface area (Å²) in [5.74, 6) is -0.0217. The number of carbonyl (C=O) groups excluding carboxylic acids is 1. The van der Waals surface area contributed by atoms with Gasteiger partial charge in [0.25, 0.3) is 0 Å². The maximum Gasteiger partial charge on any atom is 0.336 e. The SMILES string of the molecule is CCOC(=O)C1=C(C)NC(CC)=C(C2=NC(C)(C)CO2)C1c1cccc2ccccc12. The van der Waals surface area contributed by atoms with Crippen LogP contribution in [0.15, 0.2) is 70.0 Å². The Bertz CT molecular complexity index is 1120. The van der Waals surface area contributed by atoms with E-state index < -0.39 is 0 Å². The van der Waals surface area contributed by atoms with Crippen molar-refractivity contribution in [3.8, 4) is 0 Å². The summed E-state index contributed by atoms with van der Waals surface area (Å²) in [5, 5.41) is 5.69. The Balaban J connectivity index is 2.00. The Kier molecular flexibility index (Phi) is 5.61. The van der Waals surface area contributed by atoms with Gasteiger partial charge in [-0.2, -0.15) is 0 Å². The lowest BCUT2D eigenvalue weighted by molar-refractivity contribution is -0.138. The molecule has 1 atom stereocenters. The average Bonchev–Trinajstić information content (AvgIpc) is 3.11. The zero-order valence-electron chi connectivity index (χ0n) is 18.9. The van der Waals surface area contributed by atoms with Gasteiger partial charge in [0, 0.05) is 17.0 Å². The third kappa shape index (κ3) is 3.85. The largest absolute Gasteiger partial charge is 0.475 e. The van der Waals surface area contributed by atoms with Crippen LogP contribution in [0, 0.1) is 0 Å². The van der Waals surface area contributed by atoms with E-state index in [9.17, 15) is 4.79 Å². The van der Waals surface area contributed by atoms with Crippen LogP contribution in [0.25, 0.3) is 10.8 Å². The third-order valence-electron chi connectivity index (χ3n) is 5.82. The maximum absolute atomic E-state index is 13.2. The summed E-state index contributed by atoms with van der Waals surface area (Å²) in [4.78, 5) is 18.1. The number of benzene rings is 2. The number of hydrogen-bond donors (Lipinski definition) is 1. The van der Waals surface area contributed by atoms with Crippen LogP contribution in [0.5, 0.6) is 0 Å². The lowest BCUT2D eigenvalue weighted by Crippen LogP contribution is -2.32. The molecule has 0 fully saturated rings. The second-order valence-electron chi connectivity index (χ2n) is 8.65. The molecule has 0 spiro atoms. The molecule has 4 rings (SSSR count). The van der Waals surface area contributed by atoms with Gasteiger partial charge in [0.15, 0.2) is 0 Å². The minimum Gasteiger partial charge on any atom is -0.475 e. The number of fused-ring (bicyclic) bond motifs is 1. The van der Waals surface area contributed by atoms with Gasteiger partial charge in [-0.3, -0.25) is 0 Å². The first-order chi connectivity index (χ1) is 14.9. The molecule has 5 heteroatoms. The summed E-state index contributed by atoms with van der Waals surface area (Å²) in [7, 11) is 0. The van der Waals surface area contributed by atoms with Crippen molar-refractivity contribution in [1.82, 2.24) is 5.32 Å². The van der Waals surface area contributed by atoms with Crippen molar-refractivity contribution < 1.29 is 14.3 Å². The highest BCUT2D eigenvalue weighted by Crippen LogP contribution is 2.43. The van der Waals surface area contributed by atoms with E-state index in [1.54, 1.807) is 0 Å². The first kappa shape index (κ1) is 21.2. The number of allylic oxidation sites excluding steroid dienone is 2. The van der Waals surface area contributed by atoms with Gasteiger partial charge in [-0.05, 0) is 50.5 Å². The van der Waals surface area contributed by atoms with Crippen molar-refractivity contribution in [3.05, 3.63) is 70.6 Å². The number of nitrogens with one attached hydrogen (secondary N) is 1. The summed E-state index contributed by atoms with van der Waals surface area (Å²) in [6, 6.07) is 14.5. The van der Waals surface area contributed by atoms with Crippen LogP contribution in [0.1, 0.15) is 52.5 Å². The summed E-state index contributed by atoms with van der Waals surface area (Å²) in [6.45, 7) is 10.8. The topological polar surface area (TPSA) is 59.9 Å². The third-order valence-corrected chi connectivity index (χ3v) is 5.82. The van der Waals surface area contributed by atoms with Crippen molar-refractivity contribution in [2.75, 3.05) is 13.2 Å². The standard InChI is InChI=1S/C26H30N2O3/c1-6-20-23(24-28-26(4,5)15-31-24)22(21(16(3)27-20)25(29)30-7-2)19-14-10-12-17-11-8-9-13-18(17)19/h8-14,22,27H,6-7,15H2,1-5H3. The molecule has 2 aromatic carbocycles. The van der Waals surface area contributed by atoms with E-state index in [0.717, 1.165) is 39.7 Å². The van der Waals surface area contributed by atoms with E-state index in [4.69, 9.17) is 14.5 Å². The van der Waals surface area contributed by atoms with Crippen LogP contribution in [-0.2, 0) is 14.3 Å². The molecule has 0 amide bonds. The Hall–Kier alpha value is -3.08. The summed E-state index contributed by atoms with van der Waals surface area (Å²) in [6.07, 6.45) is 0.771. The van der Waals surface area contributed by atoms with Gasteiger partial charge >= 0.3 is 5.97 Å². The van der Waals surface area contributed by atoms with Crippen molar-refractivity contribution in [2.45, 2.75) is 52.5 Å². The van der Waals surface area contributed by atoms with Gasteiger partial charge in [0.2, 0.25) is 5.90 Å². The lowest BCUT2D eigenvalue weighted by Gasteiger charge is -2.32. The predicted molar refractivity (Wildman–Crippen MR) is 124 cm³/mol. The minimum absolute atomic E-state index is 0.301. The number of nitrogens with zero attached hydrogens (tertiary/aromatic N) is 1. The zero-order valence-corrected chi connectivity index (χ0v) is 18.9. The van der Waals surface area contributed by atoms with Crippen LogP contribution >= 0.6 is 0 Å². The Morgan fingerprint density at radius 1 is 1.19 bits per heavy atom. The first-order valence-electron chi connectivity index (χ1n) is 10.9. The quantitative estimate of drug-likeness (QED) is 0.675. The number of esters is 1. The Labute approximate surface area is 183 Å². The first-order valence-corrected chi connectivity index (χ1v) is 10.9. The van der Waals surface area contributed by atoms with Crippen molar-refractivity contribution in [2.24, 2.45) is 4.99 Å². The zero-order chi connectivity index (χ0) is 22.2. The van der Waals surface area contributed by atoms with Gasteiger partial charge in [-0.25, -0.2) is 9.79 Å². The molecule has 1 unspecified atom stereocenters. The van der Waals surface area contributed by atoms with Gasteiger partial charge < -0.3 is 14.8 Å². The molecule has 0 radical (unpaired) electrons. The Morgan fingerprint density at radius 2 is 1.94 bits per heavy atom. The molecule has 2 aliphatic heterocycles. The van der Waals surface area contributed by atoms with Crippen LogP contribution < -0.4 is 5.32 Å². The highest BCUT2D eigenvalue weighted by molar-refractivity contribution is 6.04. The van der Waals surface area contributed by atoms with E-state index in [-0.39, 0.29) is 17.4 Å². The van der Waals surface area contributed by atoms with E-state index >= 15 is 0 Å². The number of ether oxygens (including phenoxy) is 2. The highest BCUT2D eigenvalue weighted by atomic mass is 16.5. The van der Waals surface area contributed by atoms with Gasteiger partial charge in [-0.15, -0.1) is 0 Å². The lowest BCUT2D eigenvalue weighted by atomic mass is 9.78. The molecular weight excluding hydrogens is 388 g/mol.